The van der Waals surface area contributed by atoms with E-state index in [9.17, 15) is 5.11 Å². The molecule has 3 heteroatoms. The molecule has 0 spiro atoms. The van der Waals surface area contributed by atoms with Gasteiger partial charge in [-0.15, -0.1) is 0 Å². The normalized spacial score (nSPS) is 40.5. The summed E-state index contributed by atoms with van der Waals surface area (Å²) in [5, 5.41) is 9.24. The average Bonchev–Trinajstić information content (AvgIpc) is 2.30. The first-order chi connectivity index (χ1) is 4.77. The molecule has 0 aromatic carbocycles. The Morgan fingerprint density at radius 3 is 2.70 bits per heavy atom. The van der Waals surface area contributed by atoms with Crippen molar-refractivity contribution in [2.24, 2.45) is 0 Å². The number of hydrogen-bond acceptors (Lipinski definition) is 3. The van der Waals surface area contributed by atoms with Crippen molar-refractivity contribution in [3.63, 3.8) is 0 Å². The third kappa shape index (κ3) is 1.48. The third-order valence-corrected chi connectivity index (χ3v) is 1.83. The fourth-order valence-electron chi connectivity index (χ4n) is 1.19. The van der Waals surface area contributed by atoms with Gasteiger partial charge in [-0.1, -0.05) is 6.92 Å². The molecule has 1 aliphatic rings. The van der Waals surface area contributed by atoms with E-state index >= 15 is 0 Å². The molecule has 0 aromatic rings. The molecule has 1 saturated heterocycles. The van der Waals surface area contributed by atoms with Crippen LogP contribution >= 0.6 is 0 Å². The van der Waals surface area contributed by atoms with Gasteiger partial charge < -0.3 is 14.6 Å². The number of aliphatic hydroxyl groups excluding tert-OH is 1. The fraction of sp³-hybridized carbons (Fsp3) is 1.00. The van der Waals surface area contributed by atoms with Gasteiger partial charge in [-0.2, -0.15) is 0 Å². The van der Waals surface area contributed by atoms with Gasteiger partial charge in [0, 0.05) is 13.5 Å². The van der Waals surface area contributed by atoms with Crippen molar-refractivity contribution in [3.05, 3.63) is 0 Å². The second-order valence-corrected chi connectivity index (χ2v) is 2.57. The van der Waals surface area contributed by atoms with E-state index < -0.39 is 12.4 Å². The summed E-state index contributed by atoms with van der Waals surface area (Å²) in [4.78, 5) is 0. The van der Waals surface area contributed by atoms with Crippen LogP contribution in [0.15, 0.2) is 0 Å². The second-order valence-electron chi connectivity index (χ2n) is 2.57. The standard InChI is InChI=1S/C7H14O3/c1-3-5-4-6(8)7(9-2)10-5/h5-8H,3-4H2,1-2H3/t5-,6?,7-/m1/s1. The van der Waals surface area contributed by atoms with Crippen molar-refractivity contribution in [2.75, 3.05) is 7.11 Å². The molecule has 0 aliphatic carbocycles. The highest BCUT2D eigenvalue weighted by atomic mass is 16.7. The van der Waals surface area contributed by atoms with Crippen LogP contribution in [0.5, 0.6) is 0 Å². The van der Waals surface area contributed by atoms with Crippen molar-refractivity contribution in [3.8, 4) is 0 Å². The molecular formula is C7H14O3. The lowest BCUT2D eigenvalue weighted by Gasteiger charge is -2.11. The van der Waals surface area contributed by atoms with E-state index in [2.05, 4.69) is 0 Å². The van der Waals surface area contributed by atoms with Crippen molar-refractivity contribution in [2.45, 2.75) is 38.3 Å². The van der Waals surface area contributed by atoms with Crippen LogP contribution in [-0.4, -0.2) is 30.7 Å². The van der Waals surface area contributed by atoms with Crippen LogP contribution in [0.2, 0.25) is 0 Å². The van der Waals surface area contributed by atoms with E-state index in [1.54, 1.807) is 7.11 Å². The van der Waals surface area contributed by atoms with E-state index in [0.29, 0.717) is 6.42 Å². The number of hydrogen-bond donors (Lipinski definition) is 1. The molecule has 1 unspecified atom stereocenters. The zero-order valence-corrected chi connectivity index (χ0v) is 6.41. The third-order valence-electron chi connectivity index (χ3n) is 1.83. The summed E-state index contributed by atoms with van der Waals surface area (Å²) in [5.41, 5.74) is 0. The first-order valence-corrected chi connectivity index (χ1v) is 3.64. The quantitative estimate of drug-likeness (QED) is 0.617. The Labute approximate surface area is 60.9 Å². The van der Waals surface area contributed by atoms with Crippen LogP contribution in [-0.2, 0) is 9.47 Å². The van der Waals surface area contributed by atoms with Gasteiger partial charge in [-0.25, -0.2) is 0 Å². The molecule has 1 fully saturated rings. The lowest BCUT2D eigenvalue weighted by Crippen LogP contribution is -2.22. The van der Waals surface area contributed by atoms with Gasteiger partial charge in [0.2, 0.25) is 0 Å². The van der Waals surface area contributed by atoms with E-state index in [-0.39, 0.29) is 6.10 Å². The monoisotopic (exact) mass is 146 g/mol. The highest BCUT2D eigenvalue weighted by Gasteiger charge is 2.32. The number of ether oxygens (including phenoxy) is 2. The summed E-state index contributed by atoms with van der Waals surface area (Å²) in [5.74, 6) is 0. The summed E-state index contributed by atoms with van der Waals surface area (Å²) >= 11 is 0. The molecule has 0 amide bonds. The van der Waals surface area contributed by atoms with Gasteiger partial charge in [-0.3, -0.25) is 0 Å². The van der Waals surface area contributed by atoms with Gasteiger partial charge >= 0.3 is 0 Å². The summed E-state index contributed by atoms with van der Waals surface area (Å²) < 4.78 is 10.2. The van der Waals surface area contributed by atoms with E-state index in [4.69, 9.17) is 9.47 Å². The number of aliphatic hydroxyl groups is 1. The lowest BCUT2D eigenvalue weighted by atomic mass is 10.2. The van der Waals surface area contributed by atoms with Gasteiger partial charge in [0.25, 0.3) is 0 Å². The molecule has 1 aliphatic heterocycles. The van der Waals surface area contributed by atoms with E-state index in [1.165, 1.54) is 0 Å². The molecule has 10 heavy (non-hydrogen) atoms. The Kier molecular flexibility index (Phi) is 2.65. The predicted molar refractivity (Wildman–Crippen MR) is 36.6 cm³/mol. The Hall–Kier alpha value is -0.120. The summed E-state index contributed by atoms with van der Waals surface area (Å²) in [6.07, 6.45) is 0.992. The molecular weight excluding hydrogens is 132 g/mol. The molecule has 0 bridgehead atoms. The Morgan fingerprint density at radius 1 is 1.70 bits per heavy atom. The number of rotatable bonds is 2. The minimum absolute atomic E-state index is 0.181. The maximum absolute atomic E-state index is 9.24. The van der Waals surface area contributed by atoms with Crippen LogP contribution in [0.1, 0.15) is 19.8 Å². The molecule has 3 atom stereocenters. The number of methoxy groups -OCH3 is 1. The van der Waals surface area contributed by atoms with Crippen LogP contribution in [0.4, 0.5) is 0 Å². The Balaban J connectivity index is 2.36. The van der Waals surface area contributed by atoms with Crippen molar-refractivity contribution in [1.82, 2.24) is 0 Å². The molecule has 60 valence electrons. The summed E-state index contributed by atoms with van der Waals surface area (Å²) in [7, 11) is 1.55. The fourth-order valence-corrected chi connectivity index (χ4v) is 1.19. The summed E-state index contributed by atoms with van der Waals surface area (Å²) in [6, 6.07) is 0. The first-order valence-electron chi connectivity index (χ1n) is 3.64. The largest absolute Gasteiger partial charge is 0.388 e. The van der Waals surface area contributed by atoms with Crippen LogP contribution < -0.4 is 0 Å². The van der Waals surface area contributed by atoms with Gasteiger partial charge in [0.05, 0.1) is 6.10 Å². The molecule has 1 heterocycles. The van der Waals surface area contributed by atoms with Gasteiger partial charge in [0.1, 0.15) is 6.10 Å². The highest BCUT2D eigenvalue weighted by molar-refractivity contribution is 4.75. The molecule has 1 rings (SSSR count). The molecule has 0 saturated carbocycles. The average molecular weight is 146 g/mol. The molecule has 3 nitrogen and oxygen atoms in total. The summed E-state index contributed by atoms with van der Waals surface area (Å²) in [6.45, 7) is 2.04. The van der Waals surface area contributed by atoms with Crippen LogP contribution in [0.25, 0.3) is 0 Å². The highest BCUT2D eigenvalue weighted by Crippen LogP contribution is 2.22. The zero-order chi connectivity index (χ0) is 7.56. The topological polar surface area (TPSA) is 38.7 Å². The zero-order valence-electron chi connectivity index (χ0n) is 6.41. The maximum atomic E-state index is 9.24. The Bertz CT molecular complexity index is 105. The van der Waals surface area contributed by atoms with E-state index in [1.807, 2.05) is 6.92 Å². The Morgan fingerprint density at radius 2 is 2.40 bits per heavy atom. The minimum atomic E-state index is -0.435. The minimum Gasteiger partial charge on any atom is -0.388 e. The SMILES string of the molecule is CC[C@@H]1CC(O)[C@H](OC)O1. The molecule has 1 N–H and O–H groups in total. The molecule has 0 radical (unpaired) electrons. The van der Waals surface area contributed by atoms with Gasteiger partial charge in [0.15, 0.2) is 6.29 Å². The van der Waals surface area contributed by atoms with Crippen molar-refractivity contribution >= 4 is 0 Å². The van der Waals surface area contributed by atoms with E-state index in [0.717, 1.165) is 6.42 Å². The van der Waals surface area contributed by atoms with Crippen molar-refractivity contribution < 1.29 is 14.6 Å². The molecule has 0 aromatic heterocycles. The lowest BCUT2D eigenvalue weighted by molar-refractivity contribution is -0.148. The predicted octanol–water partition coefficient (Wildman–Crippen LogP) is 0.519. The van der Waals surface area contributed by atoms with Crippen molar-refractivity contribution in [1.29, 1.82) is 0 Å². The van der Waals surface area contributed by atoms with Gasteiger partial charge in [-0.05, 0) is 6.42 Å². The first kappa shape index (κ1) is 7.98. The van der Waals surface area contributed by atoms with Crippen LogP contribution in [0, 0.1) is 0 Å². The van der Waals surface area contributed by atoms with Crippen LogP contribution in [0.3, 0.4) is 0 Å². The maximum Gasteiger partial charge on any atom is 0.183 e. The smallest absolute Gasteiger partial charge is 0.183 e. The second kappa shape index (κ2) is 3.32.